The molecule has 0 saturated carbocycles. The molecule has 0 radical (unpaired) electrons. The lowest BCUT2D eigenvalue weighted by Crippen LogP contribution is -1.87. The number of aliphatic hydroxyl groups is 1. The molecule has 1 aromatic rings. The van der Waals surface area contributed by atoms with Crippen LogP contribution in [0.5, 0.6) is 0 Å². The number of rotatable bonds is 3. The van der Waals surface area contributed by atoms with E-state index in [9.17, 15) is 0 Å². The van der Waals surface area contributed by atoms with Crippen LogP contribution in [0.1, 0.15) is 23.7 Å². The Balaban J connectivity index is 0.000000921. The molecule has 0 aliphatic carbocycles. The van der Waals surface area contributed by atoms with E-state index in [-0.39, 0.29) is 0 Å². The first-order valence-electron chi connectivity index (χ1n) is 4.64. The van der Waals surface area contributed by atoms with Gasteiger partial charge in [0.2, 0.25) is 0 Å². The highest BCUT2D eigenvalue weighted by Crippen LogP contribution is 2.12. The summed E-state index contributed by atoms with van der Waals surface area (Å²) in [7, 11) is 1.00. The van der Waals surface area contributed by atoms with Crippen molar-refractivity contribution in [2.75, 3.05) is 7.11 Å². The quantitative estimate of drug-likeness (QED) is 0.819. The van der Waals surface area contributed by atoms with E-state index in [0.717, 1.165) is 23.9 Å². The van der Waals surface area contributed by atoms with Crippen LogP contribution in [0.25, 0.3) is 18.2 Å². The van der Waals surface area contributed by atoms with Crippen LogP contribution in [0.4, 0.5) is 0 Å². The Morgan fingerprint density at radius 3 is 2.40 bits per heavy atom. The van der Waals surface area contributed by atoms with Crippen LogP contribution in [0.3, 0.4) is 0 Å². The van der Waals surface area contributed by atoms with Crippen LogP contribution in [-0.2, 0) is 0 Å². The van der Waals surface area contributed by atoms with Gasteiger partial charge in [-0.25, -0.2) is 0 Å². The number of pyridine rings is 1. The minimum Gasteiger partial charge on any atom is -0.400 e. The van der Waals surface area contributed by atoms with Gasteiger partial charge in [-0.3, -0.25) is 4.98 Å². The molecule has 1 heterocycles. The SMILES string of the molecule is C=Cc1cc(/C=C/C)cnc1C=C.CO. The van der Waals surface area contributed by atoms with Gasteiger partial charge in [0.15, 0.2) is 0 Å². The van der Waals surface area contributed by atoms with Crippen LogP contribution in [0.15, 0.2) is 31.5 Å². The topological polar surface area (TPSA) is 33.1 Å². The van der Waals surface area contributed by atoms with Crippen LogP contribution in [-0.4, -0.2) is 17.2 Å². The zero-order chi connectivity index (χ0) is 11.7. The smallest absolute Gasteiger partial charge is 0.0696 e. The van der Waals surface area contributed by atoms with Crippen LogP contribution in [0, 0.1) is 0 Å². The maximum Gasteiger partial charge on any atom is 0.0696 e. The van der Waals surface area contributed by atoms with E-state index in [1.54, 1.807) is 12.2 Å². The lowest BCUT2D eigenvalue weighted by atomic mass is 10.1. The summed E-state index contributed by atoms with van der Waals surface area (Å²) in [5, 5.41) is 7.00. The van der Waals surface area contributed by atoms with E-state index in [4.69, 9.17) is 5.11 Å². The van der Waals surface area contributed by atoms with Crippen molar-refractivity contribution >= 4 is 18.2 Å². The van der Waals surface area contributed by atoms with E-state index in [1.165, 1.54) is 0 Å². The second-order valence-electron chi connectivity index (χ2n) is 2.65. The molecule has 1 aromatic heterocycles. The number of hydrogen-bond acceptors (Lipinski definition) is 2. The Morgan fingerprint density at radius 2 is 1.93 bits per heavy atom. The molecule has 0 aromatic carbocycles. The van der Waals surface area contributed by atoms with Gasteiger partial charge in [-0.15, -0.1) is 0 Å². The van der Waals surface area contributed by atoms with Crippen molar-refractivity contribution in [3.8, 4) is 0 Å². The standard InChI is InChI=1S/C12H13N.CH4O/c1-4-7-10-8-11(5-2)12(6-3)13-9-10;1-2/h4-9H,2-3H2,1H3;2H,1H3/b7-4+;. The van der Waals surface area contributed by atoms with E-state index < -0.39 is 0 Å². The molecule has 15 heavy (non-hydrogen) atoms. The first kappa shape index (κ1) is 13.3. The molecule has 0 amide bonds. The van der Waals surface area contributed by atoms with E-state index in [0.29, 0.717) is 0 Å². The summed E-state index contributed by atoms with van der Waals surface area (Å²) in [6.45, 7) is 9.40. The molecule has 0 aliphatic rings. The molecule has 0 aliphatic heterocycles. The molecule has 0 saturated heterocycles. The Hall–Kier alpha value is -1.67. The molecule has 80 valence electrons. The Bertz CT molecular complexity index is 354. The van der Waals surface area contributed by atoms with Gasteiger partial charge in [-0.2, -0.15) is 0 Å². The molecule has 0 atom stereocenters. The molecule has 2 heteroatoms. The third-order valence-electron chi connectivity index (χ3n) is 1.74. The Kier molecular flexibility index (Phi) is 6.85. The third kappa shape index (κ3) is 3.92. The van der Waals surface area contributed by atoms with E-state index >= 15 is 0 Å². The molecule has 0 bridgehead atoms. The minimum absolute atomic E-state index is 0.878. The highest BCUT2D eigenvalue weighted by atomic mass is 16.2. The monoisotopic (exact) mass is 203 g/mol. The molecular weight excluding hydrogens is 186 g/mol. The number of allylic oxidation sites excluding steroid dienone is 1. The van der Waals surface area contributed by atoms with Gasteiger partial charge in [-0.1, -0.05) is 31.4 Å². The summed E-state index contributed by atoms with van der Waals surface area (Å²) >= 11 is 0. The largest absolute Gasteiger partial charge is 0.400 e. The van der Waals surface area contributed by atoms with E-state index in [2.05, 4.69) is 18.1 Å². The lowest BCUT2D eigenvalue weighted by Gasteiger charge is -2.00. The predicted molar refractivity (Wildman–Crippen MR) is 67.3 cm³/mol. The van der Waals surface area contributed by atoms with Crippen LogP contribution < -0.4 is 0 Å². The van der Waals surface area contributed by atoms with Crippen molar-refractivity contribution in [1.29, 1.82) is 0 Å². The first-order valence-corrected chi connectivity index (χ1v) is 4.64. The Morgan fingerprint density at radius 1 is 1.27 bits per heavy atom. The molecular formula is C13H17NO. The molecule has 0 fully saturated rings. The van der Waals surface area contributed by atoms with Gasteiger partial charge < -0.3 is 5.11 Å². The summed E-state index contributed by atoms with van der Waals surface area (Å²) in [6.07, 6.45) is 9.34. The lowest BCUT2D eigenvalue weighted by molar-refractivity contribution is 0.399. The predicted octanol–water partition coefficient (Wildman–Crippen LogP) is 3.01. The molecule has 0 unspecified atom stereocenters. The van der Waals surface area contributed by atoms with Gasteiger partial charge in [0.1, 0.15) is 0 Å². The second kappa shape index (κ2) is 7.71. The third-order valence-corrected chi connectivity index (χ3v) is 1.74. The van der Waals surface area contributed by atoms with Gasteiger partial charge in [0.05, 0.1) is 5.69 Å². The van der Waals surface area contributed by atoms with Crippen molar-refractivity contribution in [1.82, 2.24) is 4.98 Å². The molecule has 1 N–H and O–H groups in total. The fourth-order valence-corrected chi connectivity index (χ4v) is 1.13. The van der Waals surface area contributed by atoms with Crippen molar-refractivity contribution in [2.24, 2.45) is 0 Å². The highest BCUT2D eigenvalue weighted by molar-refractivity contribution is 5.64. The van der Waals surface area contributed by atoms with Gasteiger partial charge in [-0.05, 0) is 24.6 Å². The number of aromatic nitrogens is 1. The summed E-state index contributed by atoms with van der Waals surface area (Å²) in [6, 6.07) is 2.04. The zero-order valence-corrected chi connectivity index (χ0v) is 9.27. The average molecular weight is 203 g/mol. The normalized spacial score (nSPS) is 9.27. The van der Waals surface area contributed by atoms with Crippen molar-refractivity contribution in [2.45, 2.75) is 6.92 Å². The number of hydrogen-bond donors (Lipinski definition) is 1. The fraction of sp³-hybridized carbons (Fsp3) is 0.154. The summed E-state index contributed by atoms with van der Waals surface area (Å²) in [4.78, 5) is 4.25. The van der Waals surface area contributed by atoms with Crippen LogP contribution >= 0.6 is 0 Å². The maximum atomic E-state index is 7.00. The second-order valence-corrected chi connectivity index (χ2v) is 2.65. The van der Waals surface area contributed by atoms with Gasteiger partial charge in [0, 0.05) is 18.9 Å². The van der Waals surface area contributed by atoms with Gasteiger partial charge in [0.25, 0.3) is 0 Å². The first-order chi connectivity index (χ1) is 7.31. The van der Waals surface area contributed by atoms with Crippen molar-refractivity contribution in [3.63, 3.8) is 0 Å². The summed E-state index contributed by atoms with van der Waals surface area (Å²) in [5.41, 5.74) is 2.98. The van der Waals surface area contributed by atoms with Gasteiger partial charge >= 0.3 is 0 Å². The molecule has 2 nitrogen and oxygen atoms in total. The minimum atomic E-state index is 0.878. The van der Waals surface area contributed by atoms with E-state index in [1.807, 2.05) is 31.3 Å². The highest BCUT2D eigenvalue weighted by Gasteiger charge is 1.96. The van der Waals surface area contributed by atoms with Crippen molar-refractivity contribution in [3.05, 3.63) is 48.3 Å². The zero-order valence-electron chi connectivity index (χ0n) is 9.27. The average Bonchev–Trinajstić information content (AvgIpc) is 2.32. The molecule has 0 spiro atoms. The van der Waals surface area contributed by atoms with Crippen molar-refractivity contribution < 1.29 is 5.11 Å². The summed E-state index contributed by atoms with van der Waals surface area (Å²) < 4.78 is 0. The molecule has 1 rings (SSSR count). The number of aliphatic hydroxyl groups excluding tert-OH is 1. The summed E-state index contributed by atoms with van der Waals surface area (Å²) in [5.74, 6) is 0. The number of nitrogens with zero attached hydrogens (tertiary/aromatic N) is 1. The fourth-order valence-electron chi connectivity index (χ4n) is 1.13. The Labute approximate surface area is 91.3 Å². The maximum absolute atomic E-state index is 7.00. The van der Waals surface area contributed by atoms with Crippen LogP contribution in [0.2, 0.25) is 0 Å².